The number of carbonyl (C=O) groups is 1. The van der Waals surface area contributed by atoms with Gasteiger partial charge in [-0.25, -0.2) is 4.79 Å². The quantitative estimate of drug-likeness (QED) is 0.848. The Morgan fingerprint density at radius 1 is 1.44 bits per heavy atom. The monoisotopic (exact) mass is 246 g/mol. The molecular formula is C13H14N2O3. The fourth-order valence-electron chi connectivity index (χ4n) is 1.56. The second-order valence-corrected chi connectivity index (χ2v) is 3.87. The SMILES string of the molecule is CCc1cccc(OCc2cc(C(=O)O)n[nH]2)c1. The minimum Gasteiger partial charge on any atom is -0.487 e. The van der Waals surface area contributed by atoms with Crippen LogP contribution in [0, 0.1) is 0 Å². The van der Waals surface area contributed by atoms with E-state index in [1.807, 2.05) is 24.3 Å². The molecule has 1 aromatic carbocycles. The van der Waals surface area contributed by atoms with Crippen LogP contribution in [0.25, 0.3) is 0 Å². The molecule has 5 heteroatoms. The summed E-state index contributed by atoms with van der Waals surface area (Å²) in [7, 11) is 0. The molecule has 2 rings (SSSR count). The van der Waals surface area contributed by atoms with E-state index in [9.17, 15) is 4.79 Å². The minimum absolute atomic E-state index is 0.00379. The lowest BCUT2D eigenvalue weighted by atomic mass is 10.2. The molecule has 18 heavy (non-hydrogen) atoms. The molecule has 0 spiro atoms. The molecule has 0 fully saturated rings. The van der Waals surface area contributed by atoms with E-state index in [1.165, 1.54) is 11.6 Å². The molecule has 1 heterocycles. The molecule has 0 saturated heterocycles. The largest absolute Gasteiger partial charge is 0.487 e. The highest BCUT2D eigenvalue weighted by atomic mass is 16.5. The average Bonchev–Trinajstić information content (AvgIpc) is 2.85. The number of aromatic carboxylic acids is 1. The first-order chi connectivity index (χ1) is 8.69. The fraction of sp³-hybridized carbons (Fsp3) is 0.231. The summed E-state index contributed by atoms with van der Waals surface area (Å²) in [6.45, 7) is 2.35. The molecule has 0 aliphatic rings. The highest BCUT2D eigenvalue weighted by Crippen LogP contribution is 2.15. The fourth-order valence-corrected chi connectivity index (χ4v) is 1.56. The maximum atomic E-state index is 10.6. The average molecular weight is 246 g/mol. The van der Waals surface area contributed by atoms with Gasteiger partial charge in [-0.2, -0.15) is 5.10 Å². The highest BCUT2D eigenvalue weighted by Gasteiger charge is 2.08. The maximum absolute atomic E-state index is 10.6. The predicted molar refractivity (Wildman–Crippen MR) is 65.7 cm³/mol. The van der Waals surface area contributed by atoms with Crippen LogP contribution in [0.4, 0.5) is 0 Å². The third-order valence-corrected chi connectivity index (χ3v) is 2.55. The van der Waals surface area contributed by atoms with Gasteiger partial charge in [-0.05, 0) is 30.2 Å². The van der Waals surface area contributed by atoms with Gasteiger partial charge in [0.05, 0.1) is 5.69 Å². The standard InChI is InChI=1S/C13H14N2O3/c1-2-9-4-3-5-11(6-9)18-8-10-7-12(13(16)17)15-14-10/h3-7H,2,8H2,1H3,(H,14,15)(H,16,17). The van der Waals surface area contributed by atoms with E-state index in [-0.39, 0.29) is 12.3 Å². The minimum atomic E-state index is -1.05. The topological polar surface area (TPSA) is 75.2 Å². The van der Waals surface area contributed by atoms with Crippen LogP contribution in [0.3, 0.4) is 0 Å². The first-order valence-electron chi connectivity index (χ1n) is 5.68. The second-order valence-electron chi connectivity index (χ2n) is 3.87. The molecule has 1 aromatic heterocycles. The van der Waals surface area contributed by atoms with Gasteiger partial charge in [-0.1, -0.05) is 19.1 Å². The van der Waals surface area contributed by atoms with Crippen molar-refractivity contribution in [3.8, 4) is 5.75 Å². The summed E-state index contributed by atoms with van der Waals surface area (Å²) in [6, 6.07) is 9.27. The molecule has 0 unspecified atom stereocenters. The van der Waals surface area contributed by atoms with Gasteiger partial charge in [-0.15, -0.1) is 0 Å². The molecule has 2 aromatic rings. The zero-order chi connectivity index (χ0) is 13.0. The van der Waals surface area contributed by atoms with Crippen LogP contribution < -0.4 is 4.74 Å². The lowest BCUT2D eigenvalue weighted by Gasteiger charge is -2.05. The first kappa shape index (κ1) is 12.2. The molecule has 0 atom stereocenters. The van der Waals surface area contributed by atoms with Crippen molar-refractivity contribution in [3.05, 3.63) is 47.3 Å². The second kappa shape index (κ2) is 5.35. The number of carboxylic acid groups (broad SMARTS) is 1. The van der Waals surface area contributed by atoms with Gasteiger partial charge in [0.1, 0.15) is 12.4 Å². The van der Waals surface area contributed by atoms with E-state index in [0.717, 1.165) is 12.2 Å². The van der Waals surface area contributed by atoms with Crippen molar-refractivity contribution in [3.63, 3.8) is 0 Å². The molecule has 0 aliphatic carbocycles. The van der Waals surface area contributed by atoms with Crippen LogP contribution in [0.1, 0.15) is 28.7 Å². The molecule has 0 bridgehead atoms. The van der Waals surface area contributed by atoms with Crippen molar-refractivity contribution < 1.29 is 14.6 Å². The number of aromatic nitrogens is 2. The number of hydrogen-bond acceptors (Lipinski definition) is 3. The molecule has 0 aliphatic heterocycles. The smallest absolute Gasteiger partial charge is 0.356 e. The molecule has 2 N–H and O–H groups in total. The van der Waals surface area contributed by atoms with E-state index in [0.29, 0.717) is 5.69 Å². The summed E-state index contributed by atoms with van der Waals surface area (Å²) in [5.41, 5.74) is 1.83. The number of benzene rings is 1. The van der Waals surface area contributed by atoms with Crippen molar-refractivity contribution in [2.75, 3.05) is 0 Å². The van der Waals surface area contributed by atoms with Gasteiger partial charge in [0.25, 0.3) is 0 Å². The first-order valence-corrected chi connectivity index (χ1v) is 5.68. The Labute approximate surface area is 104 Å². The molecular weight excluding hydrogens is 232 g/mol. The van der Waals surface area contributed by atoms with Crippen molar-refractivity contribution >= 4 is 5.97 Å². The number of ether oxygens (including phenoxy) is 1. The Morgan fingerprint density at radius 3 is 2.94 bits per heavy atom. The summed E-state index contributed by atoms with van der Waals surface area (Å²) in [5, 5.41) is 15.0. The van der Waals surface area contributed by atoms with Gasteiger partial charge in [0, 0.05) is 0 Å². The van der Waals surface area contributed by atoms with Crippen molar-refractivity contribution in [1.29, 1.82) is 0 Å². The zero-order valence-electron chi connectivity index (χ0n) is 10.0. The van der Waals surface area contributed by atoms with Crippen LogP contribution in [-0.2, 0) is 13.0 Å². The van der Waals surface area contributed by atoms with Gasteiger partial charge >= 0.3 is 5.97 Å². The summed E-state index contributed by atoms with van der Waals surface area (Å²) in [4.78, 5) is 10.6. The summed E-state index contributed by atoms with van der Waals surface area (Å²) >= 11 is 0. The van der Waals surface area contributed by atoms with E-state index < -0.39 is 5.97 Å². The van der Waals surface area contributed by atoms with Crippen LogP contribution in [-0.4, -0.2) is 21.3 Å². The third-order valence-electron chi connectivity index (χ3n) is 2.55. The number of rotatable bonds is 5. The van der Waals surface area contributed by atoms with Crippen LogP contribution in [0.5, 0.6) is 5.75 Å². The number of aryl methyl sites for hydroxylation is 1. The lowest BCUT2D eigenvalue weighted by Crippen LogP contribution is -1.96. The summed E-state index contributed by atoms with van der Waals surface area (Å²) in [5.74, 6) is -0.286. The number of nitrogens with zero attached hydrogens (tertiary/aromatic N) is 1. The summed E-state index contributed by atoms with van der Waals surface area (Å²) < 4.78 is 5.56. The van der Waals surface area contributed by atoms with E-state index >= 15 is 0 Å². The Bertz CT molecular complexity index is 549. The number of nitrogens with one attached hydrogen (secondary N) is 1. The number of hydrogen-bond donors (Lipinski definition) is 2. The third kappa shape index (κ3) is 2.88. The Hall–Kier alpha value is -2.30. The Kier molecular flexibility index (Phi) is 3.62. The van der Waals surface area contributed by atoms with E-state index in [4.69, 9.17) is 9.84 Å². The maximum Gasteiger partial charge on any atom is 0.356 e. The lowest BCUT2D eigenvalue weighted by molar-refractivity contribution is 0.0690. The normalized spacial score (nSPS) is 10.3. The summed E-state index contributed by atoms with van der Waals surface area (Å²) in [6.07, 6.45) is 0.949. The van der Waals surface area contributed by atoms with Crippen molar-refractivity contribution in [2.45, 2.75) is 20.0 Å². The van der Waals surface area contributed by atoms with E-state index in [2.05, 4.69) is 17.1 Å². The van der Waals surface area contributed by atoms with Crippen LogP contribution >= 0.6 is 0 Å². The van der Waals surface area contributed by atoms with Gasteiger partial charge < -0.3 is 9.84 Å². The van der Waals surface area contributed by atoms with Crippen molar-refractivity contribution in [1.82, 2.24) is 10.2 Å². The molecule has 0 saturated carbocycles. The Balaban J connectivity index is 1.99. The number of carboxylic acids is 1. The molecule has 0 radical (unpaired) electrons. The molecule has 94 valence electrons. The van der Waals surface area contributed by atoms with Crippen LogP contribution in [0.15, 0.2) is 30.3 Å². The number of H-pyrrole nitrogens is 1. The molecule has 0 amide bonds. The predicted octanol–water partition coefficient (Wildman–Crippen LogP) is 2.25. The number of aromatic amines is 1. The van der Waals surface area contributed by atoms with Gasteiger partial charge in [-0.3, -0.25) is 5.10 Å². The zero-order valence-corrected chi connectivity index (χ0v) is 10.0. The van der Waals surface area contributed by atoms with E-state index in [1.54, 1.807) is 0 Å². The van der Waals surface area contributed by atoms with Gasteiger partial charge in [0.15, 0.2) is 5.69 Å². The van der Waals surface area contributed by atoms with Gasteiger partial charge in [0.2, 0.25) is 0 Å². The molecule has 5 nitrogen and oxygen atoms in total. The van der Waals surface area contributed by atoms with Crippen LogP contribution in [0.2, 0.25) is 0 Å². The highest BCUT2D eigenvalue weighted by molar-refractivity contribution is 5.85. The van der Waals surface area contributed by atoms with Crippen molar-refractivity contribution in [2.24, 2.45) is 0 Å². The Morgan fingerprint density at radius 2 is 2.28 bits per heavy atom.